The van der Waals surface area contributed by atoms with E-state index in [1.165, 1.54) is 16.2 Å². The van der Waals surface area contributed by atoms with Gasteiger partial charge in [-0.25, -0.2) is 4.98 Å². The molecule has 1 fully saturated rings. The summed E-state index contributed by atoms with van der Waals surface area (Å²) in [7, 11) is 1.55. The third-order valence-electron chi connectivity index (χ3n) is 5.65. The third-order valence-corrected chi connectivity index (χ3v) is 6.42. The lowest BCUT2D eigenvalue weighted by Gasteiger charge is -2.23. The number of aliphatic hydroxyl groups excluding tert-OH is 1. The zero-order valence-corrected chi connectivity index (χ0v) is 18.3. The van der Waals surface area contributed by atoms with Crippen molar-refractivity contribution in [2.45, 2.75) is 25.5 Å². The van der Waals surface area contributed by atoms with Gasteiger partial charge in [-0.2, -0.15) is 0 Å². The van der Waals surface area contributed by atoms with Gasteiger partial charge in [-0.15, -0.1) is 11.3 Å². The maximum absolute atomic E-state index is 13.2. The van der Waals surface area contributed by atoms with E-state index in [1.807, 2.05) is 13.0 Å². The van der Waals surface area contributed by atoms with Crippen molar-refractivity contribution < 1.29 is 24.2 Å². The summed E-state index contributed by atoms with van der Waals surface area (Å²) in [5, 5.41) is 13.4. The van der Waals surface area contributed by atoms with Gasteiger partial charge in [0.2, 0.25) is 0 Å². The minimum Gasteiger partial charge on any atom is -0.507 e. The van der Waals surface area contributed by atoms with Crippen molar-refractivity contribution in [1.82, 2.24) is 4.98 Å². The predicted octanol–water partition coefficient (Wildman–Crippen LogP) is 4.10. The molecule has 0 radical (unpaired) electrons. The number of fused-ring (bicyclic) bond motifs is 1. The molecule has 2 atom stereocenters. The molecule has 3 heterocycles. The lowest BCUT2D eigenvalue weighted by atomic mass is 9.94. The Morgan fingerprint density at radius 3 is 2.84 bits per heavy atom. The summed E-state index contributed by atoms with van der Waals surface area (Å²) < 4.78 is 11.1. The van der Waals surface area contributed by atoms with Gasteiger partial charge in [-0.1, -0.05) is 12.1 Å². The number of anilines is 1. The number of carbonyl (C=O) groups excluding carboxylic acids is 2. The molecule has 5 rings (SSSR count). The van der Waals surface area contributed by atoms with Gasteiger partial charge in [-0.05, 0) is 48.4 Å². The van der Waals surface area contributed by atoms with Crippen molar-refractivity contribution >= 4 is 33.9 Å². The first-order valence-electron chi connectivity index (χ1n) is 10.1. The first-order chi connectivity index (χ1) is 15.5. The number of ether oxygens (including phenoxy) is 2. The smallest absolute Gasteiger partial charge is 0.301 e. The predicted molar refractivity (Wildman–Crippen MR) is 120 cm³/mol. The molecule has 0 saturated carbocycles. The highest BCUT2D eigenvalue weighted by atomic mass is 32.1. The van der Waals surface area contributed by atoms with Gasteiger partial charge in [0.25, 0.3) is 5.78 Å². The van der Waals surface area contributed by atoms with Crippen LogP contribution in [0.3, 0.4) is 0 Å². The van der Waals surface area contributed by atoms with Crippen LogP contribution in [0.5, 0.6) is 11.5 Å². The molecule has 1 aromatic heterocycles. The average Bonchev–Trinajstić information content (AvgIpc) is 3.51. The molecule has 0 spiro atoms. The summed E-state index contributed by atoms with van der Waals surface area (Å²) in [4.78, 5) is 31.8. The van der Waals surface area contributed by atoms with Crippen LogP contribution >= 0.6 is 11.3 Å². The Bertz CT molecular complexity index is 1250. The number of ketones is 1. The molecule has 3 aromatic rings. The second kappa shape index (κ2) is 7.80. The third kappa shape index (κ3) is 3.23. The zero-order valence-electron chi connectivity index (χ0n) is 17.4. The number of benzene rings is 2. The van der Waals surface area contributed by atoms with E-state index in [9.17, 15) is 14.7 Å². The van der Waals surface area contributed by atoms with Crippen LogP contribution in [0.2, 0.25) is 0 Å². The van der Waals surface area contributed by atoms with Crippen LogP contribution in [0.25, 0.3) is 5.76 Å². The molecule has 1 N–H and O–H groups in total. The van der Waals surface area contributed by atoms with Gasteiger partial charge >= 0.3 is 5.91 Å². The molecule has 2 aliphatic heterocycles. The normalized spacial score (nSPS) is 21.5. The molecule has 1 saturated heterocycles. The van der Waals surface area contributed by atoms with E-state index in [-0.39, 0.29) is 17.4 Å². The fourth-order valence-corrected chi connectivity index (χ4v) is 4.88. The molecule has 8 heteroatoms. The summed E-state index contributed by atoms with van der Waals surface area (Å²) in [5.74, 6) is -0.363. The SMILES string of the molecule is COc1cccc([C@@H]2C(=C(O)c3ccc4c(c3)C[C@H](C)O4)C(=O)C(=O)N2c2nccs2)c1. The van der Waals surface area contributed by atoms with E-state index in [2.05, 4.69) is 4.98 Å². The van der Waals surface area contributed by atoms with Crippen LogP contribution < -0.4 is 14.4 Å². The number of hydrogen-bond acceptors (Lipinski definition) is 7. The maximum atomic E-state index is 13.2. The van der Waals surface area contributed by atoms with E-state index in [1.54, 1.807) is 55.1 Å². The Morgan fingerprint density at radius 2 is 2.09 bits per heavy atom. The molecule has 2 aliphatic rings. The zero-order chi connectivity index (χ0) is 22.4. The molecule has 0 bridgehead atoms. The number of aliphatic hydroxyl groups is 1. The monoisotopic (exact) mass is 448 g/mol. The highest BCUT2D eigenvalue weighted by Crippen LogP contribution is 2.43. The minimum absolute atomic E-state index is 0.0189. The fourth-order valence-electron chi connectivity index (χ4n) is 4.22. The Kier molecular flexibility index (Phi) is 4.94. The Morgan fingerprint density at radius 1 is 1.25 bits per heavy atom. The molecule has 0 aliphatic carbocycles. The summed E-state index contributed by atoms with van der Waals surface area (Å²) in [6.07, 6.45) is 2.34. The van der Waals surface area contributed by atoms with Crippen LogP contribution in [-0.2, 0) is 16.0 Å². The number of carbonyl (C=O) groups is 2. The van der Waals surface area contributed by atoms with E-state index >= 15 is 0 Å². The van der Waals surface area contributed by atoms with E-state index < -0.39 is 17.7 Å². The molecular weight excluding hydrogens is 428 g/mol. The highest BCUT2D eigenvalue weighted by molar-refractivity contribution is 7.14. The lowest BCUT2D eigenvalue weighted by Crippen LogP contribution is -2.29. The van der Waals surface area contributed by atoms with E-state index in [4.69, 9.17) is 9.47 Å². The number of rotatable bonds is 4. The number of aromatic nitrogens is 1. The number of nitrogens with zero attached hydrogens (tertiary/aromatic N) is 2. The quantitative estimate of drug-likeness (QED) is 0.367. The van der Waals surface area contributed by atoms with Crippen molar-refractivity contribution in [2.75, 3.05) is 12.0 Å². The fraction of sp³-hybridized carbons (Fsp3) is 0.208. The van der Waals surface area contributed by atoms with Gasteiger partial charge in [0.05, 0.1) is 18.7 Å². The molecule has 1 amide bonds. The van der Waals surface area contributed by atoms with Crippen LogP contribution in [0.4, 0.5) is 5.13 Å². The van der Waals surface area contributed by atoms with E-state index in [0.29, 0.717) is 28.4 Å². The number of Topliss-reactive ketones (excluding diaryl/α,β-unsaturated/α-hetero) is 1. The first kappa shape index (κ1) is 20.3. The van der Waals surface area contributed by atoms with Crippen molar-refractivity contribution in [2.24, 2.45) is 0 Å². The topological polar surface area (TPSA) is 89.0 Å². The second-order valence-electron chi connectivity index (χ2n) is 7.72. The van der Waals surface area contributed by atoms with Gasteiger partial charge < -0.3 is 14.6 Å². The highest BCUT2D eigenvalue weighted by Gasteiger charge is 2.48. The number of amides is 1. The first-order valence-corrected chi connectivity index (χ1v) is 11.0. The van der Waals surface area contributed by atoms with Crippen LogP contribution in [0.15, 0.2) is 59.6 Å². The van der Waals surface area contributed by atoms with Crippen molar-refractivity contribution in [3.8, 4) is 11.5 Å². The van der Waals surface area contributed by atoms with Gasteiger partial charge in [0.15, 0.2) is 5.13 Å². The Labute approximate surface area is 188 Å². The summed E-state index contributed by atoms with van der Waals surface area (Å²) >= 11 is 1.25. The van der Waals surface area contributed by atoms with Gasteiger partial charge in [-0.3, -0.25) is 14.5 Å². The van der Waals surface area contributed by atoms with Crippen LogP contribution in [0, 0.1) is 0 Å². The van der Waals surface area contributed by atoms with E-state index in [0.717, 1.165) is 11.3 Å². The molecule has 0 unspecified atom stereocenters. The Balaban J connectivity index is 1.69. The van der Waals surface area contributed by atoms with Crippen molar-refractivity contribution in [3.63, 3.8) is 0 Å². The van der Waals surface area contributed by atoms with Crippen LogP contribution in [-0.4, -0.2) is 35.0 Å². The number of hydrogen-bond donors (Lipinski definition) is 1. The standard InChI is InChI=1S/C24H20N2O5S/c1-13-10-16-11-15(6-7-18(16)31-13)21(27)19-20(14-4-3-5-17(12-14)30-2)26(23(29)22(19)28)24-25-8-9-32-24/h3-9,11-13,20,27H,10H2,1-2H3/t13-,20+/m0/s1. The summed E-state index contributed by atoms with van der Waals surface area (Å²) in [6, 6.07) is 11.6. The molecular formula is C24H20N2O5S. The average molecular weight is 449 g/mol. The summed E-state index contributed by atoms with van der Waals surface area (Å²) in [6.45, 7) is 1.97. The second-order valence-corrected chi connectivity index (χ2v) is 8.59. The Hall–Kier alpha value is -3.65. The summed E-state index contributed by atoms with van der Waals surface area (Å²) in [5.41, 5.74) is 2.07. The molecule has 2 aromatic carbocycles. The van der Waals surface area contributed by atoms with Crippen LogP contribution in [0.1, 0.15) is 29.7 Å². The molecule has 162 valence electrons. The largest absolute Gasteiger partial charge is 0.507 e. The van der Waals surface area contributed by atoms with Gasteiger partial charge in [0.1, 0.15) is 23.4 Å². The van der Waals surface area contributed by atoms with Crippen molar-refractivity contribution in [3.05, 3.63) is 76.3 Å². The number of thiazole rings is 1. The minimum atomic E-state index is -0.834. The lowest BCUT2D eigenvalue weighted by molar-refractivity contribution is -0.132. The van der Waals surface area contributed by atoms with Gasteiger partial charge in [0, 0.05) is 23.6 Å². The van der Waals surface area contributed by atoms with Crippen molar-refractivity contribution in [1.29, 1.82) is 0 Å². The molecule has 7 nitrogen and oxygen atoms in total. The number of methoxy groups -OCH3 is 1. The maximum Gasteiger partial charge on any atom is 0.301 e. The molecule has 32 heavy (non-hydrogen) atoms.